The van der Waals surface area contributed by atoms with Crippen LogP contribution in [0, 0.1) is 0 Å². The number of methoxy groups -OCH3 is 1. The highest BCUT2D eigenvalue weighted by molar-refractivity contribution is 5.59. The number of nitrogens with zero attached hydrogens (tertiary/aromatic N) is 2. The highest BCUT2D eigenvalue weighted by Crippen LogP contribution is 2.23. The SMILES string of the molecule is CCCNc1cc(CCC)nc(-c2cccc(OC)c2)n1. The summed E-state index contributed by atoms with van der Waals surface area (Å²) in [5, 5.41) is 3.35. The van der Waals surface area contributed by atoms with Gasteiger partial charge in [0.2, 0.25) is 0 Å². The lowest BCUT2D eigenvalue weighted by atomic mass is 10.2. The molecule has 0 saturated carbocycles. The normalized spacial score (nSPS) is 10.4. The fourth-order valence-electron chi connectivity index (χ4n) is 2.12. The zero-order valence-corrected chi connectivity index (χ0v) is 13.0. The summed E-state index contributed by atoms with van der Waals surface area (Å²) < 4.78 is 5.28. The second-order valence-electron chi connectivity index (χ2n) is 4.98. The molecule has 0 radical (unpaired) electrons. The second kappa shape index (κ2) is 7.62. The molecule has 0 fully saturated rings. The molecule has 0 bridgehead atoms. The van der Waals surface area contributed by atoms with E-state index < -0.39 is 0 Å². The van der Waals surface area contributed by atoms with Crippen LogP contribution in [-0.4, -0.2) is 23.6 Å². The first-order valence-electron chi connectivity index (χ1n) is 7.53. The number of rotatable bonds is 7. The Kier molecular flexibility index (Phi) is 5.55. The van der Waals surface area contributed by atoms with Gasteiger partial charge in [-0.15, -0.1) is 0 Å². The third-order valence-corrected chi connectivity index (χ3v) is 3.17. The fraction of sp³-hybridized carbons (Fsp3) is 0.412. The Balaban J connectivity index is 2.37. The van der Waals surface area contributed by atoms with Crippen molar-refractivity contribution in [2.24, 2.45) is 0 Å². The standard InChI is InChI=1S/C17H23N3O/c1-4-7-14-12-16(18-10-5-2)20-17(19-14)13-8-6-9-15(11-13)21-3/h6,8-9,11-12H,4-5,7,10H2,1-3H3,(H,18,19,20). The molecule has 2 rings (SSSR count). The molecule has 0 spiro atoms. The Bertz CT molecular complexity index is 584. The van der Waals surface area contributed by atoms with Gasteiger partial charge >= 0.3 is 0 Å². The average molecular weight is 285 g/mol. The van der Waals surface area contributed by atoms with Crippen LogP contribution in [0.2, 0.25) is 0 Å². The van der Waals surface area contributed by atoms with Gasteiger partial charge in [-0.2, -0.15) is 0 Å². The van der Waals surface area contributed by atoms with Crippen molar-refractivity contribution >= 4 is 5.82 Å². The van der Waals surface area contributed by atoms with Crippen LogP contribution >= 0.6 is 0 Å². The van der Waals surface area contributed by atoms with Crippen molar-refractivity contribution in [3.8, 4) is 17.1 Å². The number of anilines is 1. The first-order valence-corrected chi connectivity index (χ1v) is 7.53. The van der Waals surface area contributed by atoms with Gasteiger partial charge in [0.05, 0.1) is 7.11 Å². The topological polar surface area (TPSA) is 47.0 Å². The summed E-state index contributed by atoms with van der Waals surface area (Å²) in [6.07, 6.45) is 3.10. The molecule has 1 aromatic carbocycles. The van der Waals surface area contributed by atoms with E-state index in [1.165, 1.54) is 0 Å². The van der Waals surface area contributed by atoms with Crippen LogP contribution in [0.3, 0.4) is 0 Å². The highest BCUT2D eigenvalue weighted by Gasteiger charge is 2.07. The van der Waals surface area contributed by atoms with Crippen LogP contribution in [-0.2, 0) is 6.42 Å². The molecule has 1 heterocycles. The lowest BCUT2D eigenvalue weighted by molar-refractivity contribution is 0.415. The van der Waals surface area contributed by atoms with Crippen LogP contribution in [0.25, 0.3) is 11.4 Å². The van der Waals surface area contributed by atoms with E-state index in [9.17, 15) is 0 Å². The molecule has 2 aromatic rings. The lowest BCUT2D eigenvalue weighted by Gasteiger charge is -2.10. The Morgan fingerprint density at radius 1 is 1.10 bits per heavy atom. The quantitative estimate of drug-likeness (QED) is 0.837. The molecule has 0 unspecified atom stereocenters. The summed E-state index contributed by atoms with van der Waals surface area (Å²) >= 11 is 0. The van der Waals surface area contributed by atoms with E-state index in [0.29, 0.717) is 0 Å². The Hall–Kier alpha value is -2.10. The maximum absolute atomic E-state index is 5.28. The number of benzene rings is 1. The first-order chi connectivity index (χ1) is 10.3. The van der Waals surface area contributed by atoms with Crippen molar-refractivity contribution in [2.75, 3.05) is 19.0 Å². The largest absolute Gasteiger partial charge is 0.497 e. The second-order valence-corrected chi connectivity index (χ2v) is 4.98. The van der Waals surface area contributed by atoms with E-state index in [1.807, 2.05) is 30.3 Å². The monoisotopic (exact) mass is 285 g/mol. The molecule has 1 aromatic heterocycles. The Morgan fingerprint density at radius 3 is 2.67 bits per heavy atom. The van der Waals surface area contributed by atoms with Crippen molar-refractivity contribution in [3.05, 3.63) is 36.0 Å². The lowest BCUT2D eigenvalue weighted by Crippen LogP contribution is -2.05. The summed E-state index contributed by atoms with van der Waals surface area (Å²) in [5.41, 5.74) is 2.05. The van der Waals surface area contributed by atoms with Crippen molar-refractivity contribution in [1.82, 2.24) is 9.97 Å². The van der Waals surface area contributed by atoms with Crippen molar-refractivity contribution < 1.29 is 4.74 Å². The van der Waals surface area contributed by atoms with Gasteiger partial charge in [0.15, 0.2) is 5.82 Å². The van der Waals surface area contributed by atoms with Crippen LogP contribution in [0.1, 0.15) is 32.4 Å². The van der Waals surface area contributed by atoms with Gasteiger partial charge in [0.25, 0.3) is 0 Å². The number of aryl methyl sites for hydroxylation is 1. The number of ether oxygens (including phenoxy) is 1. The van der Waals surface area contributed by atoms with Crippen LogP contribution in [0.4, 0.5) is 5.82 Å². The minimum Gasteiger partial charge on any atom is -0.497 e. The van der Waals surface area contributed by atoms with E-state index in [-0.39, 0.29) is 0 Å². The third-order valence-electron chi connectivity index (χ3n) is 3.17. The summed E-state index contributed by atoms with van der Waals surface area (Å²) in [7, 11) is 1.67. The number of hydrogen-bond acceptors (Lipinski definition) is 4. The summed E-state index contributed by atoms with van der Waals surface area (Å²) in [5.74, 6) is 2.46. The van der Waals surface area contributed by atoms with Gasteiger partial charge < -0.3 is 10.1 Å². The minimum atomic E-state index is 0.749. The predicted molar refractivity (Wildman–Crippen MR) is 86.8 cm³/mol. The van der Waals surface area contributed by atoms with E-state index in [1.54, 1.807) is 7.11 Å². The molecular weight excluding hydrogens is 262 g/mol. The number of aromatic nitrogens is 2. The van der Waals surface area contributed by atoms with E-state index in [4.69, 9.17) is 4.74 Å². The maximum Gasteiger partial charge on any atom is 0.161 e. The predicted octanol–water partition coefficient (Wildman–Crippen LogP) is 3.93. The highest BCUT2D eigenvalue weighted by atomic mass is 16.5. The van der Waals surface area contributed by atoms with Crippen molar-refractivity contribution in [1.29, 1.82) is 0 Å². The average Bonchev–Trinajstić information content (AvgIpc) is 2.53. The molecule has 112 valence electrons. The van der Waals surface area contributed by atoms with Crippen LogP contribution in [0.15, 0.2) is 30.3 Å². The summed E-state index contributed by atoms with van der Waals surface area (Å²) in [4.78, 5) is 9.29. The number of nitrogens with one attached hydrogen (secondary N) is 1. The third kappa shape index (κ3) is 4.18. The Labute approximate surface area is 126 Å². The zero-order valence-electron chi connectivity index (χ0n) is 13.0. The molecule has 1 N–H and O–H groups in total. The van der Waals surface area contributed by atoms with E-state index in [2.05, 4.69) is 29.1 Å². The van der Waals surface area contributed by atoms with Crippen molar-refractivity contribution in [3.63, 3.8) is 0 Å². The van der Waals surface area contributed by atoms with Gasteiger partial charge in [-0.3, -0.25) is 0 Å². The molecule has 0 saturated heterocycles. The van der Waals surface area contributed by atoms with Gasteiger partial charge in [-0.25, -0.2) is 9.97 Å². The molecule has 0 atom stereocenters. The maximum atomic E-state index is 5.28. The molecular formula is C17H23N3O. The van der Waals surface area contributed by atoms with Gasteiger partial charge in [0.1, 0.15) is 11.6 Å². The van der Waals surface area contributed by atoms with Gasteiger partial charge in [0, 0.05) is 23.9 Å². The summed E-state index contributed by atoms with van der Waals surface area (Å²) in [6, 6.07) is 9.91. The summed E-state index contributed by atoms with van der Waals surface area (Å²) in [6.45, 7) is 5.22. The smallest absolute Gasteiger partial charge is 0.161 e. The first kappa shape index (κ1) is 15.3. The van der Waals surface area contributed by atoms with E-state index >= 15 is 0 Å². The van der Waals surface area contributed by atoms with Gasteiger partial charge in [-0.1, -0.05) is 32.4 Å². The molecule has 0 aliphatic carbocycles. The van der Waals surface area contributed by atoms with Crippen LogP contribution < -0.4 is 10.1 Å². The molecule has 4 nitrogen and oxygen atoms in total. The van der Waals surface area contributed by atoms with Crippen molar-refractivity contribution in [2.45, 2.75) is 33.1 Å². The number of hydrogen-bond donors (Lipinski definition) is 1. The molecule has 0 amide bonds. The van der Waals surface area contributed by atoms with Crippen LogP contribution in [0.5, 0.6) is 5.75 Å². The molecule has 21 heavy (non-hydrogen) atoms. The molecule has 0 aliphatic rings. The zero-order chi connectivity index (χ0) is 15.1. The fourth-order valence-corrected chi connectivity index (χ4v) is 2.12. The minimum absolute atomic E-state index is 0.749. The molecule has 0 aliphatic heterocycles. The molecule has 4 heteroatoms. The van der Waals surface area contributed by atoms with E-state index in [0.717, 1.165) is 54.5 Å². The Morgan fingerprint density at radius 2 is 1.95 bits per heavy atom. The van der Waals surface area contributed by atoms with Gasteiger partial charge in [-0.05, 0) is 25.0 Å².